The second-order valence-corrected chi connectivity index (χ2v) is 9.61. The maximum atomic E-state index is 13.4. The molecule has 0 unspecified atom stereocenters. The summed E-state index contributed by atoms with van der Waals surface area (Å²) in [6, 6.07) is 20.9. The number of nitrogens with zero attached hydrogens (tertiary/aromatic N) is 1. The van der Waals surface area contributed by atoms with Crippen LogP contribution >= 0.6 is 0 Å². The van der Waals surface area contributed by atoms with Crippen LogP contribution < -0.4 is 5.32 Å². The SMILES string of the molecule is Cc1cc(C)cc(NC(=O)[C@H]2Cc3ccccc3CN2S(=O)(=O)c2ccccc2)c1. The van der Waals surface area contributed by atoms with Gasteiger partial charge in [0.2, 0.25) is 15.9 Å². The van der Waals surface area contributed by atoms with Crippen LogP contribution in [0.4, 0.5) is 5.69 Å². The van der Waals surface area contributed by atoms with Crippen LogP contribution in [0.3, 0.4) is 0 Å². The number of aryl methyl sites for hydroxylation is 2. The monoisotopic (exact) mass is 420 g/mol. The molecule has 1 aliphatic heterocycles. The van der Waals surface area contributed by atoms with Gasteiger partial charge < -0.3 is 5.32 Å². The van der Waals surface area contributed by atoms with Gasteiger partial charge in [-0.2, -0.15) is 4.31 Å². The highest BCUT2D eigenvalue weighted by Crippen LogP contribution is 2.30. The van der Waals surface area contributed by atoms with Crippen molar-refractivity contribution in [3.63, 3.8) is 0 Å². The second-order valence-electron chi connectivity index (χ2n) is 7.72. The lowest BCUT2D eigenvalue weighted by atomic mass is 9.95. The molecule has 0 bridgehead atoms. The highest BCUT2D eigenvalue weighted by molar-refractivity contribution is 7.89. The Hall–Kier alpha value is -2.96. The minimum atomic E-state index is -3.84. The maximum Gasteiger partial charge on any atom is 0.244 e. The molecule has 5 nitrogen and oxygen atoms in total. The second kappa shape index (κ2) is 8.05. The summed E-state index contributed by atoms with van der Waals surface area (Å²) in [6.07, 6.45) is 0.332. The minimum absolute atomic E-state index is 0.165. The standard InChI is InChI=1S/C24H24N2O3S/c1-17-12-18(2)14-21(13-17)25-24(27)23-15-19-8-6-7-9-20(19)16-26(23)30(28,29)22-10-4-3-5-11-22/h3-14,23H,15-16H2,1-2H3,(H,25,27)/t23-/m1/s1. The number of nitrogens with one attached hydrogen (secondary N) is 1. The number of carbonyl (C=O) groups is 1. The summed E-state index contributed by atoms with van der Waals surface area (Å²) in [6.45, 7) is 4.09. The van der Waals surface area contributed by atoms with E-state index in [2.05, 4.69) is 5.32 Å². The van der Waals surface area contributed by atoms with Gasteiger partial charge in [0.05, 0.1) is 4.90 Å². The molecule has 1 heterocycles. The third-order valence-electron chi connectivity index (χ3n) is 5.35. The van der Waals surface area contributed by atoms with Crippen LogP contribution in [0.1, 0.15) is 22.3 Å². The highest BCUT2D eigenvalue weighted by atomic mass is 32.2. The van der Waals surface area contributed by atoms with E-state index in [0.717, 1.165) is 22.3 Å². The van der Waals surface area contributed by atoms with Gasteiger partial charge in [0.25, 0.3) is 0 Å². The van der Waals surface area contributed by atoms with Crippen molar-refractivity contribution >= 4 is 21.6 Å². The zero-order valence-corrected chi connectivity index (χ0v) is 17.8. The molecule has 30 heavy (non-hydrogen) atoms. The quantitative estimate of drug-likeness (QED) is 0.692. The summed E-state index contributed by atoms with van der Waals surface area (Å²) in [7, 11) is -3.84. The number of benzene rings is 3. The molecular weight excluding hydrogens is 396 g/mol. The van der Waals surface area contributed by atoms with E-state index < -0.39 is 16.1 Å². The Morgan fingerprint density at radius 2 is 1.50 bits per heavy atom. The maximum absolute atomic E-state index is 13.4. The Balaban J connectivity index is 1.72. The molecule has 3 aromatic rings. The van der Waals surface area contributed by atoms with Crippen molar-refractivity contribution in [3.05, 3.63) is 95.1 Å². The largest absolute Gasteiger partial charge is 0.325 e. The molecule has 4 rings (SSSR count). The molecule has 1 N–H and O–H groups in total. The molecule has 0 saturated heterocycles. The molecule has 0 saturated carbocycles. The predicted octanol–water partition coefficient (Wildman–Crippen LogP) is 4.06. The van der Waals surface area contributed by atoms with Crippen LogP contribution in [0, 0.1) is 13.8 Å². The van der Waals surface area contributed by atoms with Gasteiger partial charge in [-0.3, -0.25) is 4.79 Å². The Kier molecular flexibility index (Phi) is 5.45. The lowest BCUT2D eigenvalue weighted by Gasteiger charge is -2.35. The summed E-state index contributed by atoms with van der Waals surface area (Å²) >= 11 is 0. The fraction of sp³-hybridized carbons (Fsp3) is 0.208. The lowest BCUT2D eigenvalue weighted by molar-refractivity contribution is -0.120. The average Bonchev–Trinajstić information content (AvgIpc) is 2.72. The summed E-state index contributed by atoms with van der Waals surface area (Å²) in [4.78, 5) is 13.5. The van der Waals surface area contributed by atoms with Gasteiger partial charge in [-0.15, -0.1) is 0 Å². The topological polar surface area (TPSA) is 66.5 Å². The van der Waals surface area contributed by atoms with Crippen LogP contribution in [0.25, 0.3) is 0 Å². The first-order chi connectivity index (χ1) is 14.3. The first-order valence-corrected chi connectivity index (χ1v) is 11.3. The summed E-state index contributed by atoms with van der Waals surface area (Å²) in [5.74, 6) is -0.325. The molecular formula is C24H24N2O3S. The lowest BCUT2D eigenvalue weighted by Crippen LogP contribution is -2.50. The van der Waals surface area contributed by atoms with Gasteiger partial charge in [-0.05, 0) is 66.8 Å². The van der Waals surface area contributed by atoms with Crippen LogP contribution in [-0.2, 0) is 27.8 Å². The molecule has 1 aliphatic rings. The molecule has 0 spiro atoms. The van der Waals surface area contributed by atoms with Crippen LogP contribution in [-0.4, -0.2) is 24.7 Å². The molecule has 1 atom stereocenters. The Morgan fingerprint density at radius 1 is 0.900 bits per heavy atom. The fourth-order valence-corrected chi connectivity index (χ4v) is 5.56. The Morgan fingerprint density at radius 3 is 2.17 bits per heavy atom. The third kappa shape index (κ3) is 4.01. The van der Waals surface area contributed by atoms with Crippen molar-refractivity contribution < 1.29 is 13.2 Å². The van der Waals surface area contributed by atoms with E-state index in [1.165, 1.54) is 4.31 Å². The first kappa shape index (κ1) is 20.3. The van der Waals surface area contributed by atoms with Gasteiger partial charge in [0.1, 0.15) is 6.04 Å². The van der Waals surface area contributed by atoms with E-state index in [0.29, 0.717) is 12.1 Å². The normalized spacial score (nSPS) is 16.7. The van der Waals surface area contributed by atoms with Gasteiger partial charge in [-0.25, -0.2) is 8.42 Å². The Labute approximate surface area is 177 Å². The van der Waals surface area contributed by atoms with E-state index in [1.54, 1.807) is 30.3 Å². The smallest absolute Gasteiger partial charge is 0.244 e. The molecule has 3 aromatic carbocycles. The Bertz CT molecular complexity index is 1170. The van der Waals surface area contributed by atoms with Crippen molar-refractivity contribution in [2.45, 2.75) is 37.8 Å². The predicted molar refractivity (Wildman–Crippen MR) is 118 cm³/mol. The van der Waals surface area contributed by atoms with Crippen molar-refractivity contribution in [1.29, 1.82) is 0 Å². The molecule has 0 aromatic heterocycles. The number of carbonyl (C=O) groups excluding carboxylic acids is 1. The van der Waals surface area contributed by atoms with E-state index in [1.807, 2.05) is 56.3 Å². The van der Waals surface area contributed by atoms with Gasteiger partial charge in [-0.1, -0.05) is 48.5 Å². The molecule has 0 radical (unpaired) electrons. The summed E-state index contributed by atoms with van der Waals surface area (Å²) in [5.41, 5.74) is 4.67. The third-order valence-corrected chi connectivity index (χ3v) is 7.22. The van der Waals surface area contributed by atoms with Crippen LogP contribution in [0.15, 0.2) is 77.7 Å². The molecule has 6 heteroatoms. The zero-order chi connectivity index (χ0) is 21.3. The number of amides is 1. The van der Waals surface area contributed by atoms with Crippen molar-refractivity contribution in [1.82, 2.24) is 4.31 Å². The minimum Gasteiger partial charge on any atom is -0.325 e. The van der Waals surface area contributed by atoms with Crippen molar-refractivity contribution in [3.8, 4) is 0 Å². The summed E-state index contributed by atoms with van der Waals surface area (Å²) in [5, 5.41) is 2.93. The van der Waals surface area contributed by atoms with Gasteiger partial charge in [0.15, 0.2) is 0 Å². The number of hydrogen-bond donors (Lipinski definition) is 1. The average molecular weight is 421 g/mol. The van der Waals surface area contributed by atoms with E-state index in [9.17, 15) is 13.2 Å². The van der Waals surface area contributed by atoms with Gasteiger partial charge >= 0.3 is 0 Å². The number of hydrogen-bond acceptors (Lipinski definition) is 3. The van der Waals surface area contributed by atoms with Gasteiger partial charge in [0, 0.05) is 12.2 Å². The summed E-state index contributed by atoms with van der Waals surface area (Å²) < 4.78 is 28.2. The zero-order valence-electron chi connectivity index (χ0n) is 17.0. The van der Waals surface area contributed by atoms with Crippen LogP contribution in [0.5, 0.6) is 0 Å². The van der Waals surface area contributed by atoms with E-state index in [4.69, 9.17) is 0 Å². The number of fused-ring (bicyclic) bond motifs is 1. The molecule has 1 amide bonds. The molecule has 154 valence electrons. The first-order valence-electron chi connectivity index (χ1n) is 9.87. The number of sulfonamides is 1. The van der Waals surface area contributed by atoms with E-state index in [-0.39, 0.29) is 17.3 Å². The van der Waals surface area contributed by atoms with E-state index >= 15 is 0 Å². The van der Waals surface area contributed by atoms with Crippen LogP contribution in [0.2, 0.25) is 0 Å². The fourth-order valence-electron chi connectivity index (χ4n) is 3.98. The molecule has 0 aliphatic carbocycles. The number of anilines is 1. The highest BCUT2D eigenvalue weighted by Gasteiger charge is 2.39. The van der Waals surface area contributed by atoms with Crippen molar-refractivity contribution in [2.75, 3.05) is 5.32 Å². The molecule has 0 fully saturated rings. The number of rotatable bonds is 4. The van der Waals surface area contributed by atoms with Crippen molar-refractivity contribution in [2.24, 2.45) is 0 Å².